The van der Waals surface area contributed by atoms with Crippen molar-refractivity contribution in [2.75, 3.05) is 6.54 Å². The Balaban J connectivity index is 3.85. The third kappa shape index (κ3) is 9.61. The molecule has 0 aromatic rings. The lowest BCUT2D eigenvalue weighted by atomic mass is 9.83. The second kappa shape index (κ2) is 8.10. The summed E-state index contributed by atoms with van der Waals surface area (Å²) in [6, 6.07) is 1.82. The summed E-state index contributed by atoms with van der Waals surface area (Å²) in [5.74, 6) is 0. The molecule has 104 valence electrons. The number of hydrogen-bond donors (Lipinski definition) is 2. The van der Waals surface area contributed by atoms with Gasteiger partial charge in [0.2, 0.25) is 0 Å². The Kier molecular flexibility index (Phi) is 8.06. The highest BCUT2D eigenvalue weighted by Gasteiger charge is 2.24. The van der Waals surface area contributed by atoms with Crippen LogP contribution in [-0.4, -0.2) is 24.7 Å². The van der Waals surface area contributed by atoms with Gasteiger partial charge in [-0.2, -0.15) is 0 Å². The van der Waals surface area contributed by atoms with Crippen LogP contribution in [0.2, 0.25) is 0 Å². The summed E-state index contributed by atoms with van der Waals surface area (Å²) in [6.07, 6.45) is 3.87. The Bertz CT molecular complexity index is 180. The van der Waals surface area contributed by atoms with E-state index in [1.54, 1.807) is 0 Å². The van der Waals surface area contributed by atoms with E-state index in [2.05, 4.69) is 59.1 Å². The molecule has 0 amide bonds. The molecule has 2 N–H and O–H groups in total. The molecule has 2 heteroatoms. The van der Waals surface area contributed by atoms with Crippen molar-refractivity contribution in [3.8, 4) is 0 Å². The van der Waals surface area contributed by atoms with E-state index in [0.29, 0.717) is 23.5 Å². The molecular weight excluding hydrogens is 208 g/mol. The van der Waals surface area contributed by atoms with Crippen LogP contribution in [0.15, 0.2) is 0 Å². The third-order valence-electron chi connectivity index (χ3n) is 3.05. The van der Waals surface area contributed by atoms with E-state index in [9.17, 15) is 0 Å². The first-order chi connectivity index (χ1) is 7.73. The standard InChI is InChI=1S/C15H34N2/c1-12(2)16-11-9-8-10-14(15(5,6)7)17-13(3)4/h12-14,16-17H,8-11H2,1-7H3. The average Bonchev–Trinajstić information content (AvgIpc) is 2.12. The Morgan fingerprint density at radius 3 is 1.88 bits per heavy atom. The number of unbranched alkanes of at least 4 members (excludes halogenated alkanes) is 1. The van der Waals surface area contributed by atoms with Gasteiger partial charge in [-0.15, -0.1) is 0 Å². The predicted molar refractivity (Wildman–Crippen MR) is 78.5 cm³/mol. The molecule has 0 aromatic carbocycles. The van der Waals surface area contributed by atoms with E-state index >= 15 is 0 Å². The van der Waals surface area contributed by atoms with Crippen molar-refractivity contribution in [2.24, 2.45) is 5.41 Å². The second-order valence-electron chi connectivity index (χ2n) is 6.84. The Morgan fingerprint density at radius 1 is 0.882 bits per heavy atom. The molecule has 0 aliphatic heterocycles. The maximum Gasteiger partial charge on any atom is 0.0118 e. The minimum absolute atomic E-state index is 0.357. The zero-order chi connectivity index (χ0) is 13.5. The van der Waals surface area contributed by atoms with Gasteiger partial charge < -0.3 is 10.6 Å². The third-order valence-corrected chi connectivity index (χ3v) is 3.05. The number of nitrogens with one attached hydrogen (secondary N) is 2. The zero-order valence-corrected chi connectivity index (χ0v) is 13.1. The van der Waals surface area contributed by atoms with E-state index in [0.717, 1.165) is 6.54 Å². The van der Waals surface area contributed by atoms with Gasteiger partial charge in [0.15, 0.2) is 0 Å². The highest BCUT2D eigenvalue weighted by Crippen LogP contribution is 2.23. The highest BCUT2D eigenvalue weighted by atomic mass is 15.0. The topological polar surface area (TPSA) is 24.1 Å². The van der Waals surface area contributed by atoms with Crippen LogP contribution in [-0.2, 0) is 0 Å². The molecule has 0 radical (unpaired) electrons. The van der Waals surface area contributed by atoms with E-state index < -0.39 is 0 Å². The van der Waals surface area contributed by atoms with Gasteiger partial charge in [-0.05, 0) is 24.8 Å². The molecule has 1 unspecified atom stereocenters. The molecule has 0 spiro atoms. The molecule has 0 aliphatic carbocycles. The van der Waals surface area contributed by atoms with Crippen LogP contribution in [0.1, 0.15) is 67.7 Å². The van der Waals surface area contributed by atoms with E-state index in [4.69, 9.17) is 0 Å². The summed E-state index contributed by atoms with van der Waals surface area (Å²) >= 11 is 0. The van der Waals surface area contributed by atoms with Gasteiger partial charge in [0.05, 0.1) is 0 Å². The van der Waals surface area contributed by atoms with Gasteiger partial charge in [0.25, 0.3) is 0 Å². The van der Waals surface area contributed by atoms with Crippen LogP contribution < -0.4 is 10.6 Å². The lowest BCUT2D eigenvalue weighted by Crippen LogP contribution is -2.43. The van der Waals surface area contributed by atoms with Crippen LogP contribution in [0.5, 0.6) is 0 Å². The normalized spacial score (nSPS) is 14.6. The van der Waals surface area contributed by atoms with Gasteiger partial charge >= 0.3 is 0 Å². The lowest BCUT2D eigenvalue weighted by Gasteiger charge is -2.33. The highest BCUT2D eigenvalue weighted by molar-refractivity contribution is 4.81. The van der Waals surface area contributed by atoms with Crippen LogP contribution >= 0.6 is 0 Å². The predicted octanol–water partition coefficient (Wildman–Crippen LogP) is 3.57. The summed E-state index contributed by atoms with van der Waals surface area (Å²) in [7, 11) is 0. The molecule has 0 rings (SSSR count). The molecule has 0 aliphatic rings. The SMILES string of the molecule is CC(C)NCCCCC(NC(C)C)C(C)(C)C. The molecule has 0 bridgehead atoms. The van der Waals surface area contributed by atoms with Crippen LogP contribution in [0.4, 0.5) is 0 Å². The summed E-state index contributed by atoms with van der Waals surface area (Å²) in [4.78, 5) is 0. The van der Waals surface area contributed by atoms with E-state index in [-0.39, 0.29) is 0 Å². The van der Waals surface area contributed by atoms with Crippen LogP contribution in [0.3, 0.4) is 0 Å². The maximum absolute atomic E-state index is 3.70. The minimum Gasteiger partial charge on any atom is -0.315 e. The average molecular weight is 242 g/mol. The molecule has 0 saturated carbocycles. The van der Waals surface area contributed by atoms with Crippen molar-refractivity contribution in [3.63, 3.8) is 0 Å². The monoisotopic (exact) mass is 242 g/mol. The van der Waals surface area contributed by atoms with Gasteiger partial charge in [-0.1, -0.05) is 54.9 Å². The largest absolute Gasteiger partial charge is 0.315 e. The van der Waals surface area contributed by atoms with Crippen LogP contribution in [0.25, 0.3) is 0 Å². The van der Waals surface area contributed by atoms with Crippen molar-refractivity contribution < 1.29 is 0 Å². The quantitative estimate of drug-likeness (QED) is 0.636. The minimum atomic E-state index is 0.357. The van der Waals surface area contributed by atoms with Crippen molar-refractivity contribution >= 4 is 0 Å². The van der Waals surface area contributed by atoms with Gasteiger partial charge in [-0.3, -0.25) is 0 Å². The first-order valence-electron chi connectivity index (χ1n) is 7.23. The van der Waals surface area contributed by atoms with Gasteiger partial charge in [0, 0.05) is 18.1 Å². The first kappa shape index (κ1) is 16.9. The Hall–Kier alpha value is -0.0800. The summed E-state index contributed by atoms with van der Waals surface area (Å²) in [6.45, 7) is 17.0. The van der Waals surface area contributed by atoms with Crippen molar-refractivity contribution in [1.82, 2.24) is 10.6 Å². The zero-order valence-electron chi connectivity index (χ0n) is 13.1. The molecule has 0 fully saturated rings. The second-order valence-corrected chi connectivity index (χ2v) is 6.84. The fraction of sp³-hybridized carbons (Fsp3) is 1.00. The van der Waals surface area contributed by atoms with Crippen LogP contribution in [0, 0.1) is 5.41 Å². The van der Waals surface area contributed by atoms with E-state index in [1.165, 1.54) is 19.3 Å². The summed E-state index contributed by atoms with van der Waals surface area (Å²) in [5, 5.41) is 7.18. The van der Waals surface area contributed by atoms with E-state index in [1.807, 2.05) is 0 Å². The molecule has 0 aromatic heterocycles. The van der Waals surface area contributed by atoms with Gasteiger partial charge in [-0.25, -0.2) is 0 Å². The summed E-state index contributed by atoms with van der Waals surface area (Å²) < 4.78 is 0. The Labute approximate surface area is 109 Å². The molecular formula is C15H34N2. The summed E-state index contributed by atoms with van der Waals surface area (Å²) in [5.41, 5.74) is 0.357. The molecule has 17 heavy (non-hydrogen) atoms. The molecule has 0 saturated heterocycles. The molecule has 1 atom stereocenters. The number of hydrogen-bond acceptors (Lipinski definition) is 2. The first-order valence-corrected chi connectivity index (χ1v) is 7.23. The van der Waals surface area contributed by atoms with Crippen molar-refractivity contribution in [2.45, 2.75) is 85.9 Å². The smallest absolute Gasteiger partial charge is 0.0118 e. The number of rotatable bonds is 8. The van der Waals surface area contributed by atoms with Crippen molar-refractivity contribution in [1.29, 1.82) is 0 Å². The Morgan fingerprint density at radius 2 is 1.47 bits per heavy atom. The fourth-order valence-corrected chi connectivity index (χ4v) is 2.03. The lowest BCUT2D eigenvalue weighted by molar-refractivity contribution is 0.236. The van der Waals surface area contributed by atoms with Crippen molar-refractivity contribution in [3.05, 3.63) is 0 Å². The molecule has 0 heterocycles. The maximum atomic E-state index is 3.70. The fourth-order valence-electron chi connectivity index (χ4n) is 2.03. The van der Waals surface area contributed by atoms with Gasteiger partial charge in [0.1, 0.15) is 0 Å². The molecule has 2 nitrogen and oxygen atoms in total.